The molecule has 3 heteroatoms. The maximum atomic E-state index is 6.51. The molecule has 1 aliphatic heterocycles. The first-order chi connectivity index (χ1) is 10.1. The molecule has 1 heterocycles. The molecule has 2 unspecified atom stereocenters. The van der Waals surface area contributed by atoms with E-state index in [2.05, 4.69) is 42.2 Å². The summed E-state index contributed by atoms with van der Waals surface area (Å²) in [7, 11) is 0. The minimum Gasteiger partial charge on any atom is -0.371 e. The summed E-state index contributed by atoms with van der Waals surface area (Å²) in [6.07, 6.45) is 9.56. The van der Waals surface area contributed by atoms with Crippen molar-refractivity contribution in [2.24, 2.45) is 5.41 Å². The van der Waals surface area contributed by atoms with Gasteiger partial charge in [-0.15, -0.1) is 11.6 Å². The average Bonchev–Trinajstić information content (AvgIpc) is 2.50. The largest absolute Gasteiger partial charge is 0.371 e. The van der Waals surface area contributed by atoms with Crippen molar-refractivity contribution in [3.05, 3.63) is 53.1 Å². The van der Waals surface area contributed by atoms with Gasteiger partial charge in [0.1, 0.15) is 0 Å². The summed E-state index contributed by atoms with van der Waals surface area (Å²) in [5.41, 5.74) is 2.84. The number of halogens is 2. The van der Waals surface area contributed by atoms with E-state index in [-0.39, 0.29) is 10.8 Å². The molecule has 0 radical (unpaired) electrons. The molecule has 112 valence electrons. The van der Waals surface area contributed by atoms with E-state index in [1.54, 1.807) is 0 Å². The minimum absolute atomic E-state index is 0.0215. The van der Waals surface area contributed by atoms with Crippen LogP contribution in [-0.4, -0.2) is 18.5 Å². The Morgan fingerprint density at radius 2 is 2.14 bits per heavy atom. The highest BCUT2D eigenvalue weighted by molar-refractivity contribution is 6.32. The lowest BCUT2D eigenvalue weighted by molar-refractivity contribution is 0.397. The van der Waals surface area contributed by atoms with Gasteiger partial charge < -0.3 is 4.90 Å². The zero-order valence-electron chi connectivity index (χ0n) is 12.4. The first kappa shape index (κ1) is 15.0. The fourth-order valence-electron chi connectivity index (χ4n) is 3.19. The number of fused-ring (bicyclic) bond motifs is 1. The lowest BCUT2D eigenvalue weighted by Gasteiger charge is -2.37. The summed E-state index contributed by atoms with van der Waals surface area (Å²) in [5, 5.41) is 0.714. The van der Waals surface area contributed by atoms with Crippen LogP contribution >= 0.6 is 23.2 Å². The van der Waals surface area contributed by atoms with Crippen molar-refractivity contribution >= 4 is 28.9 Å². The molecule has 0 saturated carbocycles. The number of alkyl halides is 1. The third-order valence-electron chi connectivity index (χ3n) is 4.69. The topological polar surface area (TPSA) is 3.24 Å². The van der Waals surface area contributed by atoms with Crippen molar-refractivity contribution in [1.82, 2.24) is 0 Å². The van der Waals surface area contributed by atoms with Gasteiger partial charge in [0.05, 0.1) is 5.38 Å². The van der Waals surface area contributed by atoms with E-state index in [1.165, 1.54) is 24.1 Å². The van der Waals surface area contributed by atoms with E-state index >= 15 is 0 Å². The van der Waals surface area contributed by atoms with Crippen LogP contribution in [0.1, 0.15) is 25.3 Å². The van der Waals surface area contributed by atoms with Gasteiger partial charge in [0.15, 0.2) is 0 Å². The molecule has 0 aromatic heterocycles. The maximum absolute atomic E-state index is 6.51. The van der Waals surface area contributed by atoms with Crippen LogP contribution < -0.4 is 4.90 Å². The number of hydrogen-bond donors (Lipinski definition) is 0. The lowest BCUT2D eigenvalue weighted by Crippen LogP contribution is -2.36. The number of aryl methyl sites for hydroxylation is 1. The summed E-state index contributed by atoms with van der Waals surface area (Å²) < 4.78 is 0. The van der Waals surface area contributed by atoms with Gasteiger partial charge in [-0.2, -0.15) is 0 Å². The van der Waals surface area contributed by atoms with Crippen LogP contribution in [0.25, 0.3) is 0 Å². The molecular formula is C18H21Cl2N. The Morgan fingerprint density at radius 3 is 2.95 bits per heavy atom. The van der Waals surface area contributed by atoms with Crippen molar-refractivity contribution in [2.75, 3.05) is 18.0 Å². The van der Waals surface area contributed by atoms with Gasteiger partial charge in [-0.3, -0.25) is 0 Å². The molecule has 2 aliphatic rings. The first-order valence-electron chi connectivity index (χ1n) is 7.62. The Hall–Kier alpha value is -0.920. The molecule has 0 fully saturated rings. The number of nitrogens with zero attached hydrogens (tertiary/aromatic N) is 1. The molecule has 1 nitrogen and oxygen atoms in total. The van der Waals surface area contributed by atoms with E-state index in [9.17, 15) is 0 Å². The molecule has 1 aliphatic carbocycles. The third kappa shape index (κ3) is 3.14. The highest BCUT2D eigenvalue weighted by Gasteiger charge is 2.32. The summed E-state index contributed by atoms with van der Waals surface area (Å²) in [6, 6.07) is 8.75. The van der Waals surface area contributed by atoms with Crippen LogP contribution in [0.15, 0.2) is 47.5 Å². The molecule has 3 rings (SSSR count). The predicted octanol–water partition coefficient (Wildman–Crippen LogP) is 5.14. The second kappa shape index (κ2) is 6.06. The van der Waals surface area contributed by atoms with Gasteiger partial charge in [0.2, 0.25) is 0 Å². The zero-order chi connectivity index (χ0) is 14.9. The first-order valence-corrected chi connectivity index (χ1v) is 8.43. The van der Waals surface area contributed by atoms with Crippen LogP contribution in [0.4, 0.5) is 5.69 Å². The molecule has 1 aromatic carbocycles. The maximum Gasteiger partial charge on any atom is 0.0622 e. The summed E-state index contributed by atoms with van der Waals surface area (Å²) in [5.74, 6) is 0. The van der Waals surface area contributed by atoms with Crippen molar-refractivity contribution in [2.45, 2.75) is 31.6 Å². The highest BCUT2D eigenvalue weighted by atomic mass is 35.5. The summed E-state index contributed by atoms with van der Waals surface area (Å²) in [4.78, 5) is 2.50. The van der Waals surface area contributed by atoms with Crippen LogP contribution in [0, 0.1) is 5.41 Å². The number of allylic oxidation sites excluding steroid dienone is 4. The van der Waals surface area contributed by atoms with Crippen molar-refractivity contribution in [3.63, 3.8) is 0 Å². The number of hydrogen-bond acceptors (Lipinski definition) is 1. The quantitative estimate of drug-likeness (QED) is 0.697. The van der Waals surface area contributed by atoms with Crippen LogP contribution in [0.2, 0.25) is 0 Å². The minimum atomic E-state index is -0.0324. The molecule has 0 spiro atoms. The van der Waals surface area contributed by atoms with E-state index in [1.807, 2.05) is 12.2 Å². The number of anilines is 1. The average molecular weight is 322 g/mol. The van der Waals surface area contributed by atoms with E-state index < -0.39 is 0 Å². The number of para-hydroxylation sites is 1. The van der Waals surface area contributed by atoms with Gasteiger partial charge in [0, 0.05) is 29.2 Å². The van der Waals surface area contributed by atoms with Crippen molar-refractivity contribution in [3.8, 4) is 0 Å². The Morgan fingerprint density at radius 1 is 1.33 bits per heavy atom. The molecule has 0 saturated heterocycles. The van der Waals surface area contributed by atoms with E-state index in [4.69, 9.17) is 23.2 Å². The van der Waals surface area contributed by atoms with Gasteiger partial charge >= 0.3 is 0 Å². The molecule has 21 heavy (non-hydrogen) atoms. The van der Waals surface area contributed by atoms with E-state index in [0.29, 0.717) is 0 Å². The molecule has 0 N–H and O–H groups in total. The fourth-order valence-corrected chi connectivity index (χ4v) is 3.76. The SMILES string of the molecule is CC1(CCN2CCCc3ccccc32)C=CC(Cl)=CC1Cl. The van der Waals surface area contributed by atoms with Gasteiger partial charge in [0.25, 0.3) is 0 Å². The Balaban J connectivity index is 1.70. The van der Waals surface area contributed by atoms with E-state index in [0.717, 1.165) is 24.5 Å². The molecular weight excluding hydrogens is 301 g/mol. The van der Waals surface area contributed by atoms with Crippen LogP contribution in [0.3, 0.4) is 0 Å². The van der Waals surface area contributed by atoms with Gasteiger partial charge in [-0.1, -0.05) is 42.8 Å². The van der Waals surface area contributed by atoms with Crippen molar-refractivity contribution in [1.29, 1.82) is 0 Å². The Labute approximate surface area is 137 Å². The Kier molecular flexibility index (Phi) is 4.33. The smallest absolute Gasteiger partial charge is 0.0622 e. The Bertz CT molecular complexity index is 578. The summed E-state index contributed by atoms with van der Waals surface area (Å²) >= 11 is 12.5. The van der Waals surface area contributed by atoms with Crippen LogP contribution in [-0.2, 0) is 6.42 Å². The third-order valence-corrected chi connectivity index (χ3v) is 5.56. The summed E-state index contributed by atoms with van der Waals surface area (Å²) in [6.45, 7) is 4.39. The second-order valence-electron chi connectivity index (χ2n) is 6.26. The molecule has 0 bridgehead atoms. The zero-order valence-corrected chi connectivity index (χ0v) is 13.9. The molecule has 2 atom stereocenters. The lowest BCUT2D eigenvalue weighted by atomic mass is 9.80. The van der Waals surface area contributed by atoms with Gasteiger partial charge in [-0.25, -0.2) is 0 Å². The fraction of sp³-hybridized carbons (Fsp3) is 0.444. The normalized spacial score (nSPS) is 28.2. The predicted molar refractivity (Wildman–Crippen MR) is 92.4 cm³/mol. The molecule has 0 amide bonds. The molecule has 1 aromatic rings. The number of rotatable bonds is 3. The number of benzene rings is 1. The van der Waals surface area contributed by atoms with Crippen molar-refractivity contribution < 1.29 is 0 Å². The highest BCUT2D eigenvalue weighted by Crippen LogP contribution is 2.38. The standard InChI is InChI=1S/C18H21Cl2N/c1-18(9-8-15(19)13-17(18)20)10-12-21-11-4-6-14-5-2-3-7-16(14)21/h2-3,5,7-9,13,17H,4,6,10-12H2,1H3. The second-order valence-corrected chi connectivity index (χ2v) is 7.17. The van der Waals surface area contributed by atoms with Gasteiger partial charge in [-0.05, 0) is 43.0 Å². The monoisotopic (exact) mass is 321 g/mol. The van der Waals surface area contributed by atoms with Crippen LogP contribution in [0.5, 0.6) is 0 Å².